The van der Waals surface area contributed by atoms with Gasteiger partial charge in [-0.25, -0.2) is 4.79 Å². The van der Waals surface area contributed by atoms with Crippen LogP contribution in [0.3, 0.4) is 0 Å². The van der Waals surface area contributed by atoms with Gasteiger partial charge in [0, 0.05) is 32.3 Å². The van der Waals surface area contributed by atoms with E-state index in [4.69, 9.17) is 9.47 Å². The Bertz CT molecular complexity index is 309. The zero-order valence-corrected chi connectivity index (χ0v) is 14.3. The lowest BCUT2D eigenvalue weighted by molar-refractivity contribution is 0.0177. The predicted molar refractivity (Wildman–Crippen MR) is 84.5 cm³/mol. The van der Waals surface area contributed by atoms with Gasteiger partial charge in [0.05, 0.1) is 6.61 Å². The van der Waals surface area contributed by atoms with Crippen LogP contribution in [-0.2, 0) is 9.47 Å². The van der Waals surface area contributed by atoms with Crippen molar-refractivity contribution in [2.24, 2.45) is 0 Å². The molecule has 124 valence electrons. The van der Waals surface area contributed by atoms with Gasteiger partial charge in [0.25, 0.3) is 0 Å². The van der Waals surface area contributed by atoms with E-state index in [1.165, 1.54) is 0 Å². The number of methoxy groups -OCH3 is 1. The van der Waals surface area contributed by atoms with Crippen molar-refractivity contribution in [2.45, 2.75) is 71.1 Å². The maximum atomic E-state index is 12.1. The Kier molecular flexibility index (Phi) is 7.46. The number of nitrogens with one attached hydrogen (secondary N) is 1. The monoisotopic (exact) mass is 300 g/mol. The summed E-state index contributed by atoms with van der Waals surface area (Å²) in [5.41, 5.74) is -0.432. The molecule has 1 aliphatic heterocycles. The van der Waals surface area contributed by atoms with Crippen LogP contribution >= 0.6 is 0 Å². The molecule has 1 aliphatic rings. The van der Waals surface area contributed by atoms with E-state index in [0.717, 1.165) is 45.4 Å². The van der Waals surface area contributed by atoms with Gasteiger partial charge in [0.15, 0.2) is 0 Å². The maximum absolute atomic E-state index is 12.1. The van der Waals surface area contributed by atoms with Gasteiger partial charge in [-0.2, -0.15) is 0 Å². The first-order chi connectivity index (χ1) is 9.85. The number of hydrogen-bond donors (Lipinski definition) is 1. The van der Waals surface area contributed by atoms with Crippen LogP contribution in [0.2, 0.25) is 0 Å². The molecule has 1 fully saturated rings. The van der Waals surface area contributed by atoms with Crippen molar-refractivity contribution in [1.29, 1.82) is 0 Å². The molecule has 0 aliphatic carbocycles. The highest BCUT2D eigenvalue weighted by Gasteiger charge is 2.28. The molecule has 5 heteroatoms. The van der Waals surface area contributed by atoms with E-state index in [0.29, 0.717) is 12.1 Å². The van der Waals surface area contributed by atoms with Crippen LogP contribution in [0.1, 0.15) is 53.4 Å². The fraction of sp³-hybridized carbons (Fsp3) is 0.938. The minimum atomic E-state index is -0.432. The zero-order chi connectivity index (χ0) is 15.9. The molecular weight excluding hydrogens is 268 g/mol. The van der Waals surface area contributed by atoms with Crippen LogP contribution in [0.15, 0.2) is 0 Å². The maximum Gasteiger partial charge on any atom is 0.410 e. The highest BCUT2D eigenvalue weighted by Crippen LogP contribution is 2.16. The van der Waals surface area contributed by atoms with E-state index < -0.39 is 5.60 Å². The number of likely N-dealkylation sites (tertiary alicyclic amines) is 1. The van der Waals surface area contributed by atoms with E-state index in [2.05, 4.69) is 12.2 Å². The number of carbonyl (C=O) groups is 1. The van der Waals surface area contributed by atoms with Crippen molar-refractivity contribution < 1.29 is 14.3 Å². The van der Waals surface area contributed by atoms with Gasteiger partial charge in [-0.15, -0.1) is 0 Å². The lowest BCUT2D eigenvalue weighted by Crippen LogP contribution is -2.52. The van der Waals surface area contributed by atoms with Crippen LogP contribution in [0, 0.1) is 0 Å². The molecule has 1 rings (SSSR count). The Labute approximate surface area is 129 Å². The van der Waals surface area contributed by atoms with Gasteiger partial charge in [-0.05, 0) is 40.0 Å². The lowest BCUT2D eigenvalue weighted by Gasteiger charge is -2.36. The third kappa shape index (κ3) is 7.14. The average Bonchev–Trinajstić information content (AvgIpc) is 2.37. The van der Waals surface area contributed by atoms with Gasteiger partial charge in [-0.3, -0.25) is 0 Å². The van der Waals surface area contributed by atoms with E-state index in [1.807, 2.05) is 25.7 Å². The molecule has 0 radical (unpaired) electrons. The number of piperidine rings is 1. The van der Waals surface area contributed by atoms with Gasteiger partial charge in [0.2, 0.25) is 0 Å². The van der Waals surface area contributed by atoms with E-state index >= 15 is 0 Å². The quantitative estimate of drug-likeness (QED) is 0.819. The van der Waals surface area contributed by atoms with Crippen molar-refractivity contribution in [3.63, 3.8) is 0 Å². The highest BCUT2D eigenvalue weighted by atomic mass is 16.6. The largest absolute Gasteiger partial charge is 0.444 e. The first-order valence-corrected chi connectivity index (χ1v) is 8.08. The smallest absolute Gasteiger partial charge is 0.410 e. The SMILES string of the molecule is CCCC(COC)NC1CCCN(C(=O)OC(C)(C)C)C1. The average molecular weight is 300 g/mol. The molecule has 1 heterocycles. The summed E-state index contributed by atoms with van der Waals surface area (Å²) in [6.07, 6.45) is 4.14. The zero-order valence-electron chi connectivity index (χ0n) is 14.3. The Balaban J connectivity index is 2.49. The van der Waals surface area contributed by atoms with Crippen molar-refractivity contribution in [2.75, 3.05) is 26.8 Å². The number of nitrogens with zero attached hydrogens (tertiary/aromatic N) is 1. The Morgan fingerprint density at radius 1 is 1.43 bits per heavy atom. The molecule has 0 aromatic carbocycles. The van der Waals surface area contributed by atoms with Crippen LogP contribution in [0.4, 0.5) is 4.79 Å². The number of hydrogen-bond acceptors (Lipinski definition) is 4. The summed E-state index contributed by atoms with van der Waals surface area (Å²) in [6, 6.07) is 0.696. The summed E-state index contributed by atoms with van der Waals surface area (Å²) < 4.78 is 10.7. The molecule has 0 spiro atoms. The molecule has 0 saturated carbocycles. The van der Waals surface area contributed by atoms with Crippen LogP contribution in [-0.4, -0.2) is 55.5 Å². The number of rotatable bonds is 6. The number of amides is 1. The summed E-state index contributed by atoms with van der Waals surface area (Å²) in [5, 5.41) is 3.63. The Morgan fingerprint density at radius 3 is 2.71 bits per heavy atom. The topological polar surface area (TPSA) is 50.8 Å². The van der Waals surface area contributed by atoms with Gasteiger partial charge < -0.3 is 19.7 Å². The predicted octanol–water partition coefficient (Wildman–Crippen LogP) is 2.79. The summed E-state index contributed by atoms with van der Waals surface area (Å²) >= 11 is 0. The second-order valence-electron chi connectivity index (χ2n) is 6.87. The number of ether oxygens (including phenoxy) is 2. The van der Waals surface area contributed by atoms with Crippen molar-refractivity contribution >= 4 is 6.09 Å². The molecule has 2 atom stereocenters. The van der Waals surface area contributed by atoms with Crippen LogP contribution in [0.5, 0.6) is 0 Å². The van der Waals surface area contributed by atoms with E-state index in [9.17, 15) is 4.79 Å². The lowest BCUT2D eigenvalue weighted by atomic mass is 10.0. The molecule has 1 amide bonds. The van der Waals surface area contributed by atoms with Crippen molar-refractivity contribution in [3.8, 4) is 0 Å². The van der Waals surface area contributed by atoms with E-state index in [1.54, 1.807) is 7.11 Å². The standard InChI is InChI=1S/C16H32N2O3/c1-6-8-14(12-20-5)17-13-9-7-10-18(11-13)15(19)21-16(2,3)4/h13-14,17H,6-12H2,1-5H3. The van der Waals surface area contributed by atoms with Crippen LogP contribution < -0.4 is 5.32 Å². The minimum Gasteiger partial charge on any atom is -0.444 e. The molecule has 1 N–H and O–H groups in total. The second kappa shape index (κ2) is 8.59. The Morgan fingerprint density at radius 2 is 2.14 bits per heavy atom. The van der Waals surface area contributed by atoms with E-state index in [-0.39, 0.29) is 6.09 Å². The van der Waals surface area contributed by atoms with Gasteiger partial charge >= 0.3 is 6.09 Å². The Hall–Kier alpha value is -0.810. The molecular formula is C16H32N2O3. The summed E-state index contributed by atoms with van der Waals surface area (Å²) in [4.78, 5) is 14.0. The first kappa shape index (κ1) is 18.2. The summed E-state index contributed by atoms with van der Waals surface area (Å²) in [6.45, 7) is 10.1. The highest BCUT2D eigenvalue weighted by molar-refractivity contribution is 5.68. The molecule has 21 heavy (non-hydrogen) atoms. The summed E-state index contributed by atoms with van der Waals surface area (Å²) in [7, 11) is 1.73. The molecule has 0 bridgehead atoms. The van der Waals surface area contributed by atoms with Gasteiger partial charge in [0.1, 0.15) is 5.60 Å². The number of carbonyl (C=O) groups excluding carboxylic acids is 1. The fourth-order valence-corrected chi connectivity index (χ4v) is 2.70. The van der Waals surface area contributed by atoms with Gasteiger partial charge in [-0.1, -0.05) is 13.3 Å². The molecule has 1 saturated heterocycles. The molecule has 5 nitrogen and oxygen atoms in total. The summed E-state index contributed by atoms with van der Waals surface area (Å²) in [5.74, 6) is 0. The first-order valence-electron chi connectivity index (χ1n) is 8.08. The second-order valence-corrected chi connectivity index (χ2v) is 6.87. The van der Waals surface area contributed by atoms with Crippen molar-refractivity contribution in [1.82, 2.24) is 10.2 Å². The minimum absolute atomic E-state index is 0.201. The fourth-order valence-electron chi connectivity index (χ4n) is 2.70. The normalized spacial score (nSPS) is 21.2. The van der Waals surface area contributed by atoms with Crippen LogP contribution in [0.25, 0.3) is 0 Å². The molecule has 2 unspecified atom stereocenters. The molecule has 0 aromatic heterocycles. The molecule has 0 aromatic rings. The third-order valence-corrected chi connectivity index (χ3v) is 3.55. The third-order valence-electron chi connectivity index (χ3n) is 3.55. The van der Waals surface area contributed by atoms with Crippen molar-refractivity contribution in [3.05, 3.63) is 0 Å².